The molecule has 0 bridgehead atoms. The van der Waals surface area contributed by atoms with Crippen LogP contribution in [0.3, 0.4) is 0 Å². The number of hydrogen-bond acceptors (Lipinski definition) is 2. The topological polar surface area (TPSA) is 33.5 Å². The van der Waals surface area contributed by atoms with Gasteiger partial charge in [-0.25, -0.2) is 4.39 Å². The lowest BCUT2D eigenvalue weighted by Gasteiger charge is -2.31. The summed E-state index contributed by atoms with van der Waals surface area (Å²) < 4.78 is 18.4. The SMILES string of the molecule is O=C(c1ccc(Cl)o1)N1CCC(Cc2cccc(F)c2)CC1. The Morgan fingerprint density at radius 1 is 1.27 bits per heavy atom. The number of likely N-dealkylation sites (tertiary alicyclic amines) is 1. The van der Waals surface area contributed by atoms with Gasteiger partial charge in [-0.15, -0.1) is 0 Å². The third-order valence-corrected chi connectivity index (χ3v) is 4.30. The molecule has 0 unspecified atom stereocenters. The lowest BCUT2D eigenvalue weighted by Crippen LogP contribution is -2.38. The number of halogens is 2. The van der Waals surface area contributed by atoms with E-state index in [1.165, 1.54) is 6.07 Å². The highest BCUT2D eigenvalue weighted by Gasteiger charge is 2.25. The van der Waals surface area contributed by atoms with E-state index in [1.54, 1.807) is 29.2 Å². The van der Waals surface area contributed by atoms with Crippen LogP contribution in [0.25, 0.3) is 0 Å². The molecule has 0 aliphatic carbocycles. The van der Waals surface area contributed by atoms with Crippen LogP contribution in [-0.2, 0) is 6.42 Å². The average Bonchev–Trinajstić information content (AvgIpc) is 2.94. The fraction of sp³-hybridized carbons (Fsp3) is 0.353. The molecule has 2 heterocycles. The normalized spacial score (nSPS) is 16.0. The van der Waals surface area contributed by atoms with Crippen LogP contribution in [0.15, 0.2) is 40.8 Å². The van der Waals surface area contributed by atoms with Crippen molar-refractivity contribution in [3.8, 4) is 0 Å². The van der Waals surface area contributed by atoms with E-state index < -0.39 is 0 Å². The summed E-state index contributed by atoms with van der Waals surface area (Å²) >= 11 is 5.70. The molecule has 0 spiro atoms. The van der Waals surface area contributed by atoms with Crippen LogP contribution < -0.4 is 0 Å². The molecule has 1 aliphatic rings. The van der Waals surface area contributed by atoms with Gasteiger partial charge in [0.15, 0.2) is 11.0 Å². The highest BCUT2D eigenvalue weighted by molar-refractivity contribution is 6.29. The zero-order valence-corrected chi connectivity index (χ0v) is 12.9. The minimum absolute atomic E-state index is 0.115. The Bertz CT molecular complexity index is 662. The van der Waals surface area contributed by atoms with E-state index >= 15 is 0 Å². The second-order valence-electron chi connectivity index (χ2n) is 5.67. The number of rotatable bonds is 3. The van der Waals surface area contributed by atoms with Gasteiger partial charge in [-0.2, -0.15) is 0 Å². The first-order valence-corrected chi connectivity index (χ1v) is 7.78. The minimum atomic E-state index is -0.195. The van der Waals surface area contributed by atoms with Gasteiger partial charge in [0.2, 0.25) is 0 Å². The maximum absolute atomic E-state index is 13.2. The monoisotopic (exact) mass is 321 g/mol. The predicted molar refractivity (Wildman–Crippen MR) is 82.4 cm³/mol. The lowest BCUT2D eigenvalue weighted by atomic mass is 9.90. The molecule has 1 aromatic heterocycles. The number of carbonyl (C=O) groups excluding carboxylic acids is 1. The fourth-order valence-corrected chi connectivity index (χ4v) is 3.07. The van der Waals surface area contributed by atoms with E-state index in [-0.39, 0.29) is 22.7 Å². The second-order valence-corrected chi connectivity index (χ2v) is 6.05. The highest BCUT2D eigenvalue weighted by atomic mass is 35.5. The maximum atomic E-state index is 13.2. The van der Waals surface area contributed by atoms with Gasteiger partial charge in [-0.3, -0.25) is 4.79 Å². The van der Waals surface area contributed by atoms with Gasteiger partial charge in [0.25, 0.3) is 5.91 Å². The number of furan rings is 1. The van der Waals surface area contributed by atoms with Gasteiger partial charge in [-0.1, -0.05) is 12.1 Å². The van der Waals surface area contributed by atoms with Gasteiger partial charge in [0.05, 0.1) is 0 Å². The van der Waals surface area contributed by atoms with Crippen LogP contribution in [0.5, 0.6) is 0 Å². The number of carbonyl (C=O) groups is 1. The Morgan fingerprint density at radius 3 is 2.68 bits per heavy atom. The zero-order valence-electron chi connectivity index (χ0n) is 12.1. The summed E-state index contributed by atoms with van der Waals surface area (Å²) in [5, 5.41) is 0.226. The minimum Gasteiger partial charge on any atom is -0.440 e. The van der Waals surface area contributed by atoms with Crippen LogP contribution in [0.4, 0.5) is 4.39 Å². The highest BCUT2D eigenvalue weighted by Crippen LogP contribution is 2.24. The Balaban J connectivity index is 1.55. The first kappa shape index (κ1) is 15.1. The molecule has 3 rings (SSSR count). The van der Waals surface area contributed by atoms with E-state index in [0.29, 0.717) is 19.0 Å². The molecule has 3 nitrogen and oxygen atoms in total. The van der Waals surface area contributed by atoms with Crippen LogP contribution in [0, 0.1) is 11.7 Å². The number of amides is 1. The molecule has 1 saturated heterocycles. The molecule has 0 N–H and O–H groups in total. The first-order valence-electron chi connectivity index (χ1n) is 7.41. The van der Waals surface area contributed by atoms with E-state index in [2.05, 4.69) is 0 Å². The van der Waals surface area contributed by atoms with E-state index in [1.807, 2.05) is 6.07 Å². The van der Waals surface area contributed by atoms with E-state index in [4.69, 9.17) is 16.0 Å². The van der Waals surface area contributed by atoms with Crippen LogP contribution in [-0.4, -0.2) is 23.9 Å². The number of benzene rings is 1. The van der Waals surface area contributed by atoms with Crippen molar-refractivity contribution in [3.05, 3.63) is 58.8 Å². The molecule has 1 aliphatic heterocycles. The molecule has 116 valence electrons. The number of hydrogen-bond donors (Lipinski definition) is 0. The average molecular weight is 322 g/mol. The molecule has 2 aromatic rings. The molecule has 0 radical (unpaired) electrons. The van der Waals surface area contributed by atoms with Crippen LogP contribution in [0.2, 0.25) is 5.22 Å². The smallest absolute Gasteiger partial charge is 0.289 e. The first-order chi connectivity index (χ1) is 10.6. The van der Waals surface area contributed by atoms with Crippen molar-refractivity contribution in [2.75, 3.05) is 13.1 Å². The Hall–Kier alpha value is -1.81. The summed E-state index contributed by atoms with van der Waals surface area (Å²) in [4.78, 5) is 14.0. The largest absolute Gasteiger partial charge is 0.440 e. The number of nitrogens with zero attached hydrogens (tertiary/aromatic N) is 1. The Labute approximate surface area is 133 Å². The predicted octanol–water partition coefficient (Wildman–Crippen LogP) is 4.17. The van der Waals surface area contributed by atoms with Gasteiger partial charge < -0.3 is 9.32 Å². The summed E-state index contributed by atoms with van der Waals surface area (Å²) in [6.07, 6.45) is 2.68. The molecular weight excluding hydrogens is 305 g/mol. The molecule has 1 fully saturated rings. The van der Waals surface area contributed by atoms with Gasteiger partial charge in [0, 0.05) is 13.1 Å². The summed E-state index contributed by atoms with van der Waals surface area (Å²) in [5.74, 6) is 0.454. The molecule has 22 heavy (non-hydrogen) atoms. The van der Waals surface area contributed by atoms with Crippen molar-refractivity contribution in [1.82, 2.24) is 4.90 Å². The Morgan fingerprint density at radius 2 is 2.05 bits per heavy atom. The van der Waals surface area contributed by atoms with Crippen LogP contribution in [0.1, 0.15) is 29.0 Å². The molecule has 0 saturated carbocycles. The standard InChI is InChI=1S/C17H17ClFNO2/c18-16-5-4-15(22-16)17(21)20-8-6-12(7-9-20)10-13-2-1-3-14(19)11-13/h1-5,11-12H,6-10H2. The van der Waals surface area contributed by atoms with Crippen molar-refractivity contribution in [1.29, 1.82) is 0 Å². The van der Waals surface area contributed by atoms with Crippen molar-refractivity contribution in [3.63, 3.8) is 0 Å². The van der Waals surface area contributed by atoms with Gasteiger partial charge in [-0.05, 0) is 66.6 Å². The summed E-state index contributed by atoms with van der Waals surface area (Å²) in [7, 11) is 0. The molecular formula is C17H17ClFNO2. The summed E-state index contributed by atoms with van der Waals surface area (Å²) in [6, 6.07) is 9.91. The van der Waals surface area contributed by atoms with Crippen molar-refractivity contribution < 1.29 is 13.6 Å². The summed E-state index contributed by atoms with van der Waals surface area (Å²) in [6.45, 7) is 1.38. The van der Waals surface area contributed by atoms with Gasteiger partial charge in [0.1, 0.15) is 5.82 Å². The van der Waals surface area contributed by atoms with Crippen molar-refractivity contribution in [2.24, 2.45) is 5.92 Å². The van der Waals surface area contributed by atoms with Crippen molar-refractivity contribution >= 4 is 17.5 Å². The molecule has 0 atom stereocenters. The zero-order chi connectivity index (χ0) is 15.5. The van der Waals surface area contributed by atoms with Crippen LogP contribution >= 0.6 is 11.6 Å². The molecule has 1 aromatic carbocycles. The molecule has 1 amide bonds. The van der Waals surface area contributed by atoms with Crippen molar-refractivity contribution in [2.45, 2.75) is 19.3 Å². The third kappa shape index (κ3) is 3.50. The van der Waals surface area contributed by atoms with E-state index in [0.717, 1.165) is 24.8 Å². The third-order valence-electron chi connectivity index (χ3n) is 4.10. The second kappa shape index (κ2) is 6.53. The quantitative estimate of drug-likeness (QED) is 0.850. The maximum Gasteiger partial charge on any atom is 0.289 e. The summed E-state index contributed by atoms with van der Waals surface area (Å²) in [5.41, 5.74) is 1.02. The van der Waals surface area contributed by atoms with Gasteiger partial charge >= 0.3 is 0 Å². The fourth-order valence-electron chi connectivity index (χ4n) is 2.92. The lowest BCUT2D eigenvalue weighted by molar-refractivity contribution is 0.0658. The number of piperidine rings is 1. The Kier molecular flexibility index (Phi) is 4.48. The molecule has 5 heteroatoms. The van der Waals surface area contributed by atoms with E-state index in [9.17, 15) is 9.18 Å².